The van der Waals surface area contributed by atoms with Gasteiger partial charge in [0, 0.05) is 33.2 Å². The summed E-state index contributed by atoms with van der Waals surface area (Å²) in [6.07, 6.45) is 0. The van der Waals surface area contributed by atoms with E-state index in [4.69, 9.17) is 15.0 Å². The molecule has 2 heterocycles. The SMILES string of the molecule is N#Cc1ccc(-c2ccc3c4ccccc4n(-c4ccc(-c5nc(-c6ccccc6)nc(-c6ccccc6)n5)c(-c5cccc([Si](c6ccccc6)(c6ccccc6)c6ccccc6)c5)c4)c3c2)cc1. The topological polar surface area (TPSA) is 67.4 Å². The van der Waals surface area contributed by atoms with E-state index >= 15 is 0 Å². The molecular formula is C64H43N5Si. The molecule has 0 spiro atoms. The van der Waals surface area contributed by atoms with Crippen molar-refractivity contribution < 1.29 is 0 Å². The molecule has 0 radical (unpaired) electrons. The number of hydrogen-bond donors (Lipinski definition) is 0. The van der Waals surface area contributed by atoms with Crippen molar-refractivity contribution in [3.63, 3.8) is 0 Å². The van der Waals surface area contributed by atoms with Gasteiger partial charge in [0.05, 0.1) is 22.7 Å². The van der Waals surface area contributed by atoms with Crippen LogP contribution in [-0.2, 0) is 0 Å². The van der Waals surface area contributed by atoms with Crippen LogP contribution >= 0.6 is 0 Å². The molecule has 0 aliphatic carbocycles. The van der Waals surface area contributed by atoms with Crippen molar-refractivity contribution in [2.75, 3.05) is 0 Å². The molecule has 0 amide bonds. The van der Waals surface area contributed by atoms with E-state index in [1.54, 1.807) is 0 Å². The molecule has 0 unspecified atom stereocenters. The van der Waals surface area contributed by atoms with E-state index in [1.807, 2.05) is 60.7 Å². The summed E-state index contributed by atoms with van der Waals surface area (Å²) < 4.78 is 2.38. The van der Waals surface area contributed by atoms with Crippen LogP contribution < -0.4 is 20.7 Å². The van der Waals surface area contributed by atoms with Crippen LogP contribution in [0.4, 0.5) is 0 Å². The fourth-order valence-corrected chi connectivity index (χ4v) is 15.0. The molecule has 0 bridgehead atoms. The number of para-hydroxylation sites is 1. The zero-order chi connectivity index (χ0) is 46.9. The Kier molecular flexibility index (Phi) is 10.9. The Morgan fingerprint density at radius 1 is 0.329 bits per heavy atom. The van der Waals surface area contributed by atoms with Gasteiger partial charge in [-0.1, -0.05) is 218 Å². The molecular weight excluding hydrogens is 867 g/mol. The highest BCUT2D eigenvalue weighted by Gasteiger charge is 2.41. The number of nitrogens with zero attached hydrogens (tertiary/aromatic N) is 5. The Morgan fingerprint density at radius 3 is 1.40 bits per heavy atom. The van der Waals surface area contributed by atoms with Gasteiger partial charge in [-0.3, -0.25) is 0 Å². The zero-order valence-electron chi connectivity index (χ0n) is 38.1. The van der Waals surface area contributed by atoms with Crippen molar-refractivity contribution in [2.45, 2.75) is 0 Å². The molecule has 328 valence electrons. The molecule has 0 N–H and O–H groups in total. The fraction of sp³-hybridized carbons (Fsp3) is 0. The number of hydrogen-bond acceptors (Lipinski definition) is 4. The average Bonchev–Trinajstić information content (AvgIpc) is 3.78. The van der Waals surface area contributed by atoms with Crippen molar-refractivity contribution in [1.82, 2.24) is 19.5 Å². The first kappa shape index (κ1) is 42.1. The number of fused-ring (bicyclic) bond motifs is 3. The molecule has 12 rings (SSSR count). The Morgan fingerprint density at radius 2 is 0.814 bits per heavy atom. The summed E-state index contributed by atoms with van der Waals surface area (Å²) in [7, 11) is -2.92. The van der Waals surface area contributed by atoms with E-state index in [-0.39, 0.29) is 0 Å². The number of rotatable bonds is 10. The second-order valence-corrected chi connectivity index (χ2v) is 21.3. The number of nitriles is 1. The first-order valence-electron chi connectivity index (χ1n) is 23.5. The van der Waals surface area contributed by atoms with Gasteiger partial charge in [0.25, 0.3) is 0 Å². The first-order valence-corrected chi connectivity index (χ1v) is 25.5. The summed E-state index contributed by atoms with van der Waals surface area (Å²) in [4.78, 5) is 15.7. The molecule has 5 nitrogen and oxygen atoms in total. The highest BCUT2D eigenvalue weighted by molar-refractivity contribution is 7.19. The molecule has 0 aliphatic heterocycles. The molecule has 12 aromatic rings. The van der Waals surface area contributed by atoms with Crippen LogP contribution in [0.15, 0.2) is 261 Å². The molecule has 2 aromatic heterocycles. The van der Waals surface area contributed by atoms with Crippen LogP contribution in [0.5, 0.6) is 0 Å². The molecule has 70 heavy (non-hydrogen) atoms. The largest absolute Gasteiger partial charge is 0.309 e. The Hall–Kier alpha value is -9.28. The molecule has 10 aromatic carbocycles. The monoisotopic (exact) mass is 909 g/mol. The predicted octanol–water partition coefficient (Wildman–Crippen LogP) is 12.6. The highest BCUT2D eigenvalue weighted by atomic mass is 28.3. The third-order valence-electron chi connectivity index (χ3n) is 13.4. The minimum atomic E-state index is -2.92. The fourth-order valence-electron chi connectivity index (χ4n) is 10.2. The van der Waals surface area contributed by atoms with Crippen molar-refractivity contribution in [3.8, 4) is 68.2 Å². The molecule has 0 saturated carbocycles. The minimum absolute atomic E-state index is 0.586. The van der Waals surface area contributed by atoms with E-state index in [0.717, 1.165) is 61.1 Å². The van der Waals surface area contributed by atoms with Crippen molar-refractivity contribution >= 4 is 50.6 Å². The Bertz CT molecular complexity index is 3720. The molecule has 0 aliphatic rings. The van der Waals surface area contributed by atoms with Gasteiger partial charge in [0.15, 0.2) is 25.5 Å². The summed E-state index contributed by atoms with van der Waals surface area (Å²) in [5.41, 5.74) is 10.7. The summed E-state index contributed by atoms with van der Waals surface area (Å²) in [5, 5.41) is 17.1. The summed E-state index contributed by atoms with van der Waals surface area (Å²) >= 11 is 0. The number of benzene rings is 10. The van der Waals surface area contributed by atoms with Crippen LogP contribution in [0.1, 0.15) is 5.56 Å². The van der Waals surface area contributed by atoms with E-state index < -0.39 is 8.07 Å². The van der Waals surface area contributed by atoms with E-state index in [1.165, 1.54) is 26.1 Å². The van der Waals surface area contributed by atoms with Gasteiger partial charge in [-0.25, -0.2) is 15.0 Å². The average molecular weight is 910 g/mol. The maximum atomic E-state index is 9.56. The Labute approximate surface area is 408 Å². The van der Waals surface area contributed by atoms with Crippen molar-refractivity contribution in [1.29, 1.82) is 5.26 Å². The van der Waals surface area contributed by atoms with Gasteiger partial charge in [0.1, 0.15) is 0 Å². The Balaban J connectivity index is 1.14. The molecule has 0 fully saturated rings. The molecule has 0 atom stereocenters. The quantitative estimate of drug-likeness (QED) is 0.101. The summed E-state index contributed by atoms with van der Waals surface area (Å²) in [6, 6.07) is 94.8. The maximum Gasteiger partial charge on any atom is 0.179 e. The van der Waals surface area contributed by atoms with Gasteiger partial charge in [-0.15, -0.1) is 0 Å². The zero-order valence-corrected chi connectivity index (χ0v) is 39.1. The third-order valence-corrected chi connectivity index (χ3v) is 18.2. The van der Waals surface area contributed by atoms with Gasteiger partial charge >= 0.3 is 0 Å². The van der Waals surface area contributed by atoms with Crippen LogP contribution in [0.3, 0.4) is 0 Å². The minimum Gasteiger partial charge on any atom is -0.309 e. The lowest BCUT2D eigenvalue weighted by Gasteiger charge is -2.34. The molecule has 0 saturated heterocycles. The first-order chi connectivity index (χ1) is 34.7. The highest BCUT2D eigenvalue weighted by Crippen LogP contribution is 2.39. The lowest BCUT2D eigenvalue weighted by atomic mass is 9.97. The van der Waals surface area contributed by atoms with Crippen LogP contribution in [0.25, 0.3) is 83.9 Å². The van der Waals surface area contributed by atoms with Crippen molar-refractivity contribution in [3.05, 3.63) is 266 Å². The lowest BCUT2D eigenvalue weighted by Crippen LogP contribution is -2.74. The third kappa shape index (κ3) is 7.48. The maximum absolute atomic E-state index is 9.56. The summed E-state index contributed by atoms with van der Waals surface area (Å²) in [6.45, 7) is 0. The van der Waals surface area contributed by atoms with Gasteiger partial charge in [0.2, 0.25) is 0 Å². The molecule has 6 heteroatoms. The standard InChI is InChI=1S/C64H43N5Si/c65-44-45-33-35-46(36-34-45)49-37-39-57-56-31-16-17-32-60(56)69(61(57)42-49)51-38-40-58(64-67-62(47-19-6-1-7-20-47)66-63(68-64)48-21-8-2-9-22-48)59(43-51)50-23-18-30-55(41-50)70(52-24-10-3-11-25-52,53-26-12-4-13-27-53)54-28-14-5-15-29-54/h1-43H. The second-order valence-electron chi connectivity index (χ2n) is 17.5. The van der Waals surface area contributed by atoms with E-state index in [0.29, 0.717) is 23.0 Å². The lowest BCUT2D eigenvalue weighted by molar-refractivity contribution is 1.07. The van der Waals surface area contributed by atoms with Crippen LogP contribution in [0, 0.1) is 11.3 Å². The number of aromatic nitrogens is 4. The predicted molar refractivity (Wildman–Crippen MR) is 290 cm³/mol. The van der Waals surface area contributed by atoms with Crippen LogP contribution in [-0.4, -0.2) is 27.6 Å². The van der Waals surface area contributed by atoms with E-state index in [9.17, 15) is 5.26 Å². The van der Waals surface area contributed by atoms with Gasteiger partial charge < -0.3 is 4.57 Å². The van der Waals surface area contributed by atoms with E-state index in [2.05, 4.69) is 211 Å². The summed E-state index contributed by atoms with van der Waals surface area (Å²) in [5.74, 6) is 1.80. The smallest absolute Gasteiger partial charge is 0.179 e. The van der Waals surface area contributed by atoms with Crippen LogP contribution in [0.2, 0.25) is 0 Å². The second kappa shape index (κ2) is 18.1. The van der Waals surface area contributed by atoms with Crippen molar-refractivity contribution in [2.24, 2.45) is 0 Å². The van der Waals surface area contributed by atoms with Gasteiger partial charge in [-0.2, -0.15) is 5.26 Å². The normalized spacial score (nSPS) is 11.4. The van der Waals surface area contributed by atoms with Gasteiger partial charge in [-0.05, 0) is 85.5 Å².